The highest BCUT2D eigenvalue weighted by molar-refractivity contribution is 14.0. The second-order valence-electron chi connectivity index (χ2n) is 4.79. The van der Waals surface area contributed by atoms with Gasteiger partial charge in [0.15, 0.2) is 5.96 Å². The number of guanidine groups is 1. The van der Waals surface area contributed by atoms with Crippen molar-refractivity contribution in [2.75, 3.05) is 25.0 Å². The number of rotatable bonds is 6. The third kappa shape index (κ3) is 6.56. The summed E-state index contributed by atoms with van der Waals surface area (Å²) in [5.41, 5.74) is 8.10. The number of anilines is 1. The fourth-order valence-corrected chi connectivity index (χ4v) is 2.02. The van der Waals surface area contributed by atoms with Gasteiger partial charge in [-0.15, -0.1) is 24.0 Å². The molecule has 0 aliphatic heterocycles. The number of nitrogens with one attached hydrogen (secondary N) is 1. The summed E-state index contributed by atoms with van der Waals surface area (Å²) in [6.07, 6.45) is 0. The Kier molecular flexibility index (Phi) is 9.58. The molecule has 1 atom stereocenters. The third-order valence-corrected chi connectivity index (χ3v) is 3.29. The zero-order valence-corrected chi connectivity index (χ0v) is 15.2. The maximum atomic E-state index is 5.90. The molecular weight excluding hydrogens is 363 g/mol. The normalized spacial score (nSPS) is 12.9. The molecule has 0 amide bonds. The highest BCUT2D eigenvalue weighted by Crippen LogP contribution is 2.08. The standard InChI is InChI=1S/C15H26N4.HI/c1-5-19(6-2)13(4)11-17-15(16)18-14-9-7-12(3)8-10-14;/h7-10,13H,5-6,11H2,1-4H3,(H3,16,17,18);1H. The van der Waals surface area contributed by atoms with Crippen LogP contribution in [0.1, 0.15) is 26.3 Å². The van der Waals surface area contributed by atoms with Gasteiger partial charge in [-0.05, 0) is 39.1 Å². The summed E-state index contributed by atoms with van der Waals surface area (Å²) in [6, 6.07) is 8.52. The maximum absolute atomic E-state index is 5.90. The lowest BCUT2D eigenvalue weighted by Gasteiger charge is -2.24. The zero-order chi connectivity index (χ0) is 14.3. The number of hydrogen-bond acceptors (Lipinski definition) is 2. The molecule has 0 bridgehead atoms. The molecule has 0 radical (unpaired) electrons. The summed E-state index contributed by atoms with van der Waals surface area (Å²) in [5, 5.41) is 3.11. The van der Waals surface area contributed by atoms with Crippen molar-refractivity contribution in [1.82, 2.24) is 4.90 Å². The summed E-state index contributed by atoms with van der Waals surface area (Å²) in [6.45, 7) is 11.4. The number of aryl methyl sites for hydroxylation is 1. The van der Waals surface area contributed by atoms with E-state index in [0.717, 1.165) is 18.8 Å². The SMILES string of the molecule is CCN(CC)C(C)CN=C(N)Nc1ccc(C)cc1.I. The molecule has 0 aliphatic carbocycles. The van der Waals surface area contributed by atoms with E-state index in [2.05, 4.69) is 42.9 Å². The van der Waals surface area contributed by atoms with Crippen LogP contribution in [-0.4, -0.2) is 36.5 Å². The number of nitrogens with zero attached hydrogens (tertiary/aromatic N) is 2. The van der Waals surface area contributed by atoms with E-state index in [9.17, 15) is 0 Å². The van der Waals surface area contributed by atoms with E-state index in [4.69, 9.17) is 5.73 Å². The van der Waals surface area contributed by atoms with Crippen LogP contribution >= 0.6 is 24.0 Å². The van der Waals surface area contributed by atoms with Gasteiger partial charge in [-0.3, -0.25) is 9.89 Å². The predicted molar refractivity (Wildman–Crippen MR) is 99.1 cm³/mol. The highest BCUT2D eigenvalue weighted by atomic mass is 127. The number of nitrogens with two attached hydrogens (primary N) is 1. The van der Waals surface area contributed by atoms with Crippen molar-refractivity contribution >= 4 is 35.6 Å². The van der Waals surface area contributed by atoms with Crippen LogP contribution in [0.15, 0.2) is 29.3 Å². The summed E-state index contributed by atoms with van der Waals surface area (Å²) in [7, 11) is 0. The molecule has 3 N–H and O–H groups in total. The fourth-order valence-electron chi connectivity index (χ4n) is 2.02. The topological polar surface area (TPSA) is 53.6 Å². The maximum Gasteiger partial charge on any atom is 0.193 e. The van der Waals surface area contributed by atoms with Gasteiger partial charge >= 0.3 is 0 Å². The van der Waals surface area contributed by atoms with Crippen molar-refractivity contribution in [3.8, 4) is 0 Å². The minimum Gasteiger partial charge on any atom is -0.370 e. The van der Waals surface area contributed by atoms with Gasteiger partial charge in [0, 0.05) is 11.7 Å². The summed E-state index contributed by atoms with van der Waals surface area (Å²) < 4.78 is 0. The van der Waals surface area contributed by atoms with Gasteiger partial charge in [0.25, 0.3) is 0 Å². The van der Waals surface area contributed by atoms with Crippen LogP contribution in [0.3, 0.4) is 0 Å². The number of aliphatic imine (C=N–C) groups is 1. The summed E-state index contributed by atoms with van der Waals surface area (Å²) >= 11 is 0. The first-order valence-electron chi connectivity index (χ1n) is 6.94. The molecule has 1 unspecified atom stereocenters. The van der Waals surface area contributed by atoms with Crippen molar-refractivity contribution in [2.24, 2.45) is 10.7 Å². The number of halogens is 1. The second kappa shape index (κ2) is 9.99. The first-order chi connectivity index (χ1) is 9.06. The van der Waals surface area contributed by atoms with Crippen LogP contribution in [-0.2, 0) is 0 Å². The second-order valence-corrected chi connectivity index (χ2v) is 4.79. The largest absolute Gasteiger partial charge is 0.370 e. The van der Waals surface area contributed by atoms with Gasteiger partial charge in [0.1, 0.15) is 0 Å². The molecule has 0 aromatic heterocycles. The molecule has 1 aromatic rings. The molecule has 0 heterocycles. The molecule has 114 valence electrons. The Hall–Kier alpha value is -0.820. The Morgan fingerprint density at radius 3 is 2.30 bits per heavy atom. The predicted octanol–water partition coefficient (Wildman–Crippen LogP) is 3.07. The Labute approximate surface area is 139 Å². The Balaban J connectivity index is 0.00000361. The number of benzene rings is 1. The van der Waals surface area contributed by atoms with Crippen LogP contribution < -0.4 is 11.1 Å². The van der Waals surface area contributed by atoms with Gasteiger partial charge in [-0.1, -0.05) is 31.5 Å². The average Bonchev–Trinajstić information content (AvgIpc) is 2.40. The Morgan fingerprint density at radius 1 is 1.25 bits per heavy atom. The van der Waals surface area contributed by atoms with E-state index < -0.39 is 0 Å². The zero-order valence-electron chi connectivity index (χ0n) is 12.9. The molecule has 0 spiro atoms. The van der Waals surface area contributed by atoms with Gasteiger partial charge in [0.2, 0.25) is 0 Å². The van der Waals surface area contributed by atoms with E-state index in [1.54, 1.807) is 0 Å². The first-order valence-corrected chi connectivity index (χ1v) is 6.94. The van der Waals surface area contributed by atoms with Crippen molar-refractivity contribution in [1.29, 1.82) is 0 Å². The number of likely N-dealkylation sites (N-methyl/N-ethyl adjacent to an activating group) is 1. The van der Waals surface area contributed by atoms with Crippen LogP contribution in [0.4, 0.5) is 5.69 Å². The van der Waals surface area contributed by atoms with Gasteiger partial charge in [0.05, 0.1) is 6.54 Å². The minimum absolute atomic E-state index is 0. The Bertz CT molecular complexity index is 399. The van der Waals surface area contributed by atoms with Crippen LogP contribution in [0, 0.1) is 6.92 Å². The van der Waals surface area contributed by atoms with Crippen molar-refractivity contribution in [3.05, 3.63) is 29.8 Å². The van der Waals surface area contributed by atoms with Crippen LogP contribution in [0.5, 0.6) is 0 Å². The van der Waals surface area contributed by atoms with E-state index in [0.29, 0.717) is 18.5 Å². The quantitative estimate of drug-likeness (QED) is 0.446. The van der Waals surface area contributed by atoms with Gasteiger partial charge in [-0.2, -0.15) is 0 Å². The molecule has 0 aliphatic rings. The van der Waals surface area contributed by atoms with Crippen molar-refractivity contribution in [3.63, 3.8) is 0 Å². The number of hydrogen-bond donors (Lipinski definition) is 2. The average molecular weight is 390 g/mol. The monoisotopic (exact) mass is 390 g/mol. The molecule has 4 nitrogen and oxygen atoms in total. The van der Waals surface area contributed by atoms with E-state index in [1.165, 1.54) is 5.56 Å². The highest BCUT2D eigenvalue weighted by Gasteiger charge is 2.08. The molecule has 20 heavy (non-hydrogen) atoms. The fraction of sp³-hybridized carbons (Fsp3) is 0.533. The van der Waals surface area contributed by atoms with E-state index in [-0.39, 0.29) is 24.0 Å². The molecule has 0 saturated heterocycles. The smallest absolute Gasteiger partial charge is 0.193 e. The van der Waals surface area contributed by atoms with E-state index >= 15 is 0 Å². The van der Waals surface area contributed by atoms with Crippen molar-refractivity contribution < 1.29 is 0 Å². The Morgan fingerprint density at radius 2 is 1.80 bits per heavy atom. The van der Waals surface area contributed by atoms with Gasteiger partial charge < -0.3 is 11.1 Å². The summed E-state index contributed by atoms with van der Waals surface area (Å²) in [5.74, 6) is 0.475. The van der Waals surface area contributed by atoms with Crippen molar-refractivity contribution in [2.45, 2.75) is 33.7 Å². The molecule has 1 aromatic carbocycles. The van der Waals surface area contributed by atoms with Crippen LogP contribution in [0.25, 0.3) is 0 Å². The molecule has 0 saturated carbocycles. The lowest BCUT2D eigenvalue weighted by atomic mass is 10.2. The lowest BCUT2D eigenvalue weighted by molar-refractivity contribution is 0.237. The van der Waals surface area contributed by atoms with E-state index in [1.807, 2.05) is 24.3 Å². The molecular formula is C15H27IN4. The third-order valence-electron chi connectivity index (χ3n) is 3.29. The first kappa shape index (κ1) is 19.2. The lowest BCUT2D eigenvalue weighted by Crippen LogP contribution is -2.36. The molecule has 5 heteroatoms. The summed E-state index contributed by atoms with van der Waals surface area (Å²) in [4.78, 5) is 6.76. The van der Waals surface area contributed by atoms with Gasteiger partial charge in [-0.25, -0.2) is 0 Å². The molecule has 0 fully saturated rings. The minimum atomic E-state index is 0. The molecule has 1 rings (SSSR count). The van der Waals surface area contributed by atoms with Crippen LogP contribution in [0.2, 0.25) is 0 Å².